The molecule has 0 spiro atoms. The smallest absolute Gasteiger partial charge is 0.204 e. The van der Waals surface area contributed by atoms with Gasteiger partial charge in [0.25, 0.3) is 0 Å². The third kappa shape index (κ3) is 3.32. The van der Waals surface area contributed by atoms with Gasteiger partial charge in [-0.1, -0.05) is 48.3 Å². The molecule has 3 rings (SSSR count). The van der Waals surface area contributed by atoms with Crippen LogP contribution >= 0.6 is 11.3 Å². The van der Waals surface area contributed by atoms with Crippen molar-refractivity contribution in [1.29, 1.82) is 0 Å². The topological polar surface area (TPSA) is 46.5 Å². The first-order valence-corrected chi connectivity index (χ1v) is 7.66. The van der Waals surface area contributed by atoms with Crippen LogP contribution in [0.4, 0.5) is 5.13 Å². The van der Waals surface area contributed by atoms with Gasteiger partial charge in [0.2, 0.25) is 5.13 Å². The van der Waals surface area contributed by atoms with Crippen LogP contribution in [0.1, 0.15) is 5.56 Å². The number of benzene rings is 2. The van der Waals surface area contributed by atoms with Gasteiger partial charge in [-0.05, 0) is 24.3 Å². The molecule has 110 valence electrons. The van der Waals surface area contributed by atoms with Crippen LogP contribution in [-0.2, 0) is 0 Å². The van der Waals surface area contributed by atoms with Crippen LogP contribution < -0.4 is 10.2 Å². The Morgan fingerprint density at radius 3 is 2.86 bits per heavy atom. The second kappa shape index (κ2) is 6.87. The summed E-state index contributed by atoms with van der Waals surface area (Å²) in [6.07, 6.45) is 3.44. The maximum Gasteiger partial charge on any atom is 0.204 e. The predicted molar refractivity (Wildman–Crippen MR) is 93.0 cm³/mol. The first-order valence-electron chi connectivity index (χ1n) is 6.84. The van der Waals surface area contributed by atoms with Gasteiger partial charge >= 0.3 is 0 Å². The number of anilines is 1. The van der Waals surface area contributed by atoms with E-state index in [4.69, 9.17) is 4.74 Å². The maximum atomic E-state index is 5.59. The van der Waals surface area contributed by atoms with Gasteiger partial charge in [0.1, 0.15) is 12.4 Å². The van der Waals surface area contributed by atoms with Gasteiger partial charge in [0, 0.05) is 5.56 Å². The first-order chi connectivity index (χ1) is 10.9. The van der Waals surface area contributed by atoms with E-state index in [-0.39, 0.29) is 0 Å². The van der Waals surface area contributed by atoms with Crippen molar-refractivity contribution >= 4 is 32.9 Å². The fourth-order valence-electron chi connectivity index (χ4n) is 1.94. The number of nitrogens with zero attached hydrogens (tertiary/aromatic N) is 2. The summed E-state index contributed by atoms with van der Waals surface area (Å²) in [4.78, 5) is 4.47. The average Bonchev–Trinajstić information content (AvgIpc) is 2.96. The first kappa shape index (κ1) is 14.3. The molecule has 0 aliphatic heterocycles. The van der Waals surface area contributed by atoms with Gasteiger partial charge in [-0.3, -0.25) is 5.43 Å². The lowest BCUT2D eigenvalue weighted by Gasteiger charge is -2.05. The second-order valence-corrected chi connectivity index (χ2v) is 5.52. The normalized spacial score (nSPS) is 10.9. The van der Waals surface area contributed by atoms with Gasteiger partial charge < -0.3 is 4.74 Å². The molecular formula is C17H15N3OS. The lowest BCUT2D eigenvalue weighted by Crippen LogP contribution is -1.97. The van der Waals surface area contributed by atoms with E-state index < -0.39 is 0 Å². The molecule has 0 saturated heterocycles. The third-order valence-corrected chi connectivity index (χ3v) is 3.87. The molecule has 0 radical (unpaired) electrons. The minimum atomic E-state index is 0.468. The molecule has 1 aromatic heterocycles. The minimum Gasteiger partial charge on any atom is -0.489 e. The molecule has 0 aliphatic rings. The standard InChI is InChI=1S/C17H15N3OS/c1-2-11-21-15-9-5-3-7-13(15)12-18-20-17-19-14-8-4-6-10-16(14)22-17/h2-10,12H,1,11H2,(H,19,20)/b18-12+. The molecule has 22 heavy (non-hydrogen) atoms. The highest BCUT2D eigenvalue weighted by molar-refractivity contribution is 7.22. The van der Waals surface area contributed by atoms with Crippen LogP contribution in [0.2, 0.25) is 0 Å². The van der Waals surface area contributed by atoms with Gasteiger partial charge in [0.15, 0.2) is 0 Å². The molecule has 0 amide bonds. The van der Waals surface area contributed by atoms with Gasteiger partial charge in [-0.25, -0.2) is 4.98 Å². The Bertz CT molecular complexity index is 777. The van der Waals surface area contributed by atoms with Gasteiger partial charge in [-0.15, -0.1) is 0 Å². The summed E-state index contributed by atoms with van der Waals surface area (Å²) < 4.78 is 6.72. The van der Waals surface area contributed by atoms with Crippen molar-refractivity contribution in [3.8, 4) is 5.75 Å². The second-order valence-electron chi connectivity index (χ2n) is 4.49. The molecule has 3 aromatic rings. The van der Waals surface area contributed by atoms with E-state index in [9.17, 15) is 0 Å². The minimum absolute atomic E-state index is 0.468. The Morgan fingerprint density at radius 1 is 1.18 bits per heavy atom. The van der Waals surface area contributed by atoms with E-state index in [1.165, 1.54) is 0 Å². The number of nitrogens with one attached hydrogen (secondary N) is 1. The van der Waals surface area contributed by atoms with Crippen molar-refractivity contribution in [3.63, 3.8) is 0 Å². The third-order valence-electron chi connectivity index (χ3n) is 2.93. The fourth-order valence-corrected chi connectivity index (χ4v) is 2.76. The molecule has 1 N–H and O–H groups in total. The van der Waals surface area contributed by atoms with Crippen molar-refractivity contribution in [2.45, 2.75) is 0 Å². The highest BCUT2D eigenvalue weighted by atomic mass is 32.1. The van der Waals surface area contributed by atoms with Crippen LogP contribution in [0, 0.1) is 0 Å². The van der Waals surface area contributed by atoms with Crippen LogP contribution in [0.3, 0.4) is 0 Å². The number of fused-ring (bicyclic) bond motifs is 1. The predicted octanol–water partition coefficient (Wildman–Crippen LogP) is 4.31. The summed E-state index contributed by atoms with van der Waals surface area (Å²) in [6, 6.07) is 15.7. The highest BCUT2D eigenvalue weighted by Gasteiger charge is 2.02. The van der Waals surface area contributed by atoms with Crippen molar-refractivity contribution in [2.75, 3.05) is 12.0 Å². The molecule has 4 nitrogen and oxygen atoms in total. The summed E-state index contributed by atoms with van der Waals surface area (Å²) in [6.45, 7) is 4.12. The van der Waals surface area contributed by atoms with Crippen molar-refractivity contribution in [1.82, 2.24) is 4.98 Å². The monoisotopic (exact) mass is 309 g/mol. The van der Waals surface area contributed by atoms with Crippen LogP contribution in [0.5, 0.6) is 5.75 Å². The summed E-state index contributed by atoms with van der Waals surface area (Å²) >= 11 is 1.57. The lowest BCUT2D eigenvalue weighted by atomic mass is 10.2. The van der Waals surface area contributed by atoms with Gasteiger partial charge in [-0.2, -0.15) is 5.10 Å². The van der Waals surface area contributed by atoms with Crippen LogP contribution in [0.25, 0.3) is 10.2 Å². The number of hydrazone groups is 1. The zero-order valence-electron chi connectivity index (χ0n) is 11.9. The van der Waals surface area contributed by atoms with E-state index in [0.29, 0.717) is 6.61 Å². The maximum absolute atomic E-state index is 5.59. The Labute approximate surface area is 132 Å². The number of para-hydroxylation sites is 2. The number of rotatable bonds is 6. The van der Waals surface area contributed by atoms with E-state index in [0.717, 1.165) is 26.7 Å². The quantitative estimate of drug-likeness (QED) is 0.419. The Balaban J connectivity index is 1.72. The van der Waals surface area contributed by atoms with Crippen LogP contribution in [0.15, 0.2) is 66.3 Å². The molecule has 0 unspecified atom stereocenters. The zero-order valence-corrected chi connectivity index (χ0v) is 12.7. The largest absolute Gasteiger partial charge is 0.489 e. The Hall–Kier alpha value is -2.66. The number of ether oxygens (including phenoxy) is 1. The van der Waals surface area contributed by atoms with E-state index in [1.54, 1.807) is 23.6 Å². The van der Waals surface area contributed by atoms with Gasteiger partial charge in [0.05, 0.1) is 16.4 Å². The molecule has 0 atom stereocenters. The Kier molecular flexibility index (Phi) is 4.46. The Morgan fingerprint density at radius 2 is 2.00 bits per heavy atom. The molecule has 2 aromatic carbocycles. The molecular weight excluding hydrogens is 294 g/mol. The zero-order chi connectivity index (χ0) is 15.2. The highest BCUT2D eigenvalue weighted by Crippen LogP contribution is 2.25. The molecule has 0 saturated carbocycles. The summed E-state index contributed by atoms with van der Waals surface area (Å²) in [5.41, 5.74) is 4.84. The fraction of sp³-hybridized carbons (Fsp3) is 0.0588. The number of hydrogen-bond acceptors (Lipinski definition) is 5. The molecule has 0 bridgehead atoms. The summed E-state index contributed by atoms with van der Waals surface area (Å²) in [5, 5.41) is 5.01. The van der Waals surface area contributed by atoms with Crippen molar-refractivity contribution in [2.24, 2.45) is 5.10 Å². The molecule has 1 heterocycles. The number of thiazole rings is 1. The SMILES string of the molecule is C=CCOc1ccccc1/C=N/Nc1nc2ccccc2s1. The van der Waals surface area contributed by atoms with E-state index >= 15 is 0 Å². The van der Waals surface area contributed by atoms with Crippen molar-refractivity contribution < 1.29 is 4.74 Å². The van der Waals surface area contributed by atoms with Crippen molar-refractivity contribution in [3.05, 3.63) is 66.7 Å². The molecule has 5 heteroatoms. The summed E-state index contributed by atoms with van der Waals surface area (Å²) in [7, 11) is 0. The molecule has 0 fully saturated rings. The van der Waals surface area contributed by atoms with E-state index in [2.05, 4.69) is 22.1 Å². The number of aromatic nitrogens is 1. The number of hydrogen-bond donors (Lipinski definition) is 1. The van der Waals surface area contributed by atoms with E-state index in [1.807, 2.05) is 48.5 Å². The van der Waals surface area contributed by atoms with Crippen LogP contribution in [-0.4, -0.2) is 17.8 Å². The lowest BCUT2D eigenvalue weighted by molar-refractivity contribution is 0.363. The average molecular weight is 309 g/mol. The summed E-state index contributed by atoms with van der Waals surface area (Å²) in [5.74, 6) is 0.775. The molecule has 0 aliphatic carbocycles.